The van der Waals surface area contributed by atoms with Gasteiger partial charge in [-0.2, -0.15) is 0 Å². The maximum Gasteiger partial charge on any atom is 0 e. The van der Waals surface area contributed by atoms with Crippen LogP contribution >= 0.6 is 0 Å². The van der Waals surface area contributed by atoms with Crippen molar-refractivity contribution in [3.05, 3.63) is 24.6 Å². The Hall–Kier alpha value is 0.359. The van der Waals surface area contributed by atoms with Crippen molar-refractivity contribution in [1.82, 2.24) is 0 Å². The van der Waals surface area contributed by atoms with E-state index in [2.05, 4.69) is 0 Å². The second kappa shape index (κ2) is 381. The Morgan fingerprint density at radius 2 is 0.400 bits per heavy atom. The third-order valence-corrected chi connectivity index (χ3v) is 0. The first-order chi connectivity index (χ1) is 0. The molecule has 0 atom stereocenters. The van der Waals surface area contributed by atoms with E-state index in [-0.39, 0.29) is 41.7 Å². The number of hydrogen-bond donors (Lipinski definition) is 0. The van der Waals surface area contributed by atoms with Gasteiger partial charge >= 0.3 is 0 Å². The third-order valence-electron chi connectivity index (χ3n) is 0. The van der Waals surface area contributed by atoms with Gasteiger partial charge in [0.25, 0.3) is 0 Å². The van der Waals surface area contributed by atoms with Crippen molar-refractivity contribution >= 4 is 0 Å². The Bertz CT molecular complexity index is 3.61. The zero-order chi connectivity index (χ0) is 0. The Morgan fingerprint density at radius 3 is 0.400 bits per heavy atom. The van der Waals surface area contributed by atoms with Crippen molar-refractivity contribution in [3.8, 4) is 0 Å². The molecule has 0 fully saturated rings. The van der Waals surface area contributed by atoms with Gasteiger partial charge in [-0.1, -0.05) is 0 Å². The van der Waals surface area contributed by atoms with Gasteiger partial charge < -0.3 is 24.6 Å². The summed E-state index contributed by atoms with van der Waals surface area (Å²) in [4.78, 5) is 0. The first-order valence-corrected chi connectivity index (χ1v) is 0. The van der Waals surface area contributed by atoms with E-state index in [0.29, 0.717) is 0 Å². The zero-order valence-electron chi connectivity index (χ0n) is 2.61. The molecule has 0 saturated heterocycles. The molecule has 43 valence electrons. The molecule has 0 aromatic rings. The molecule has 0 aliphatic rings. The molecule has 5 heteroatoms. The summed E-state index contributed by atoms with van der Waals surface area (Å²) in [5.41, 5.74) is 0. The van der Waals surface area contributed by atoms with E-state index < -0.39 is 0 Å². The molecule has 0 spiro atoms. The summed E-state index contributed by atoms with van der Waals surface area (Å²) >= 11 is 0. The normalized spacial score (nSPS) is 0. The van der Waals surface area contributed by atoms with Crippen molar-refractivity contribution in [3.63, 3.8) is 0 Å². The quantitative estimate of drug-likeness (QED) is 0.443. The summed E-state index contributed by atoms with van der Waals surface area (Å²) in [6.45, 7) is 0. The minimum atomic E-state index is 0. The molecular formula is H8CuN4-4. The van der Waals surface area contributed by atoms with Crippen molar-refractivity contribution in [2.75, 3.05) is 0 Å². The van der Waals surface area contributed by atoms with Crippen LogP contribution in [0.5, 0.6) is 0 Å². The molecule has 1 radical (unpaired) electrons. The van der Waals surface area contributed by atoms with Gasteiger partial charge in [-0.3, -0.25) is 0 Å². The molecule has 0 aliphatic carbocycles. The first-order valence-electron chi connectivity index (χ1n) is 0. The zero-order valence-corrected chi connectivity index (χ0v) is 3.55. The monoisotopic (exact) mass is 127 g/mol. The summed E-state index contributed by atoms with van der Waals surface area (Å²) < 4.78 is 0. The van der Waals surface area contributed by atoms with Crippen molar-refractivity contribution in [1.29, 1.82) is 0 Å². The van der Waals surface area contributed by atoms with Crippen LogP contribution in [0.3, 0.4) is 0 Å². The van der Waals surface area contributed by atoms with Crippen LogP contribution < -0.4 is 0 Å². The van der Waals surface area contributed by atoms with Crippen LogP contribution in [0, 0.1) is 0 Å². The van der Waals surface area contributed by atoms with Crippen LogP contribution in [0.4, 0.5) is 0 Å². The van der Waals surface area contributed by atoms with Gasteiger partial charge in [-0.25, -0.2) is 0 Å². The third kappa shape index (κ3) is 188. The van der Waals surface area contributed by atoms with E-state index in [0.717, 1.165) is 0 Å². The summed E-state index contributed by atoms with van der Waals surface area (Å²) in [6.07, 6.45) is 0. The van der Waals surface area contributed by atoms with E-state index in [9.17, 15) is 0 Å². The second-order valence-electron chi connectivity index (χ2n) is 0. The number of nitrogens with two attached hydrogens (primary N) is 4. The smallest absolute Gasteiger partial charge is 0 e. The molecule has 5 heavy (non-hydrogen) atoms. The molecule has 0 unspecified atom stereocenters. The van der Waals surface area contributed by atoms with Gasteiger partial charge in [0.2, 0.25) is 0 Å². The fourth-order valence-corrected chi connectivity index (χ4v) is 0. The molecular weight excluding hydrogens is 120 g/mol. The predicted octanol–water partition coefficient (Wildman–Crippen LogP) is 2.87. The van der Waals surface area contributed by atoms with Crippen LogP contribution in [0.1, 0.15) is 0 Å². The van der Waals surface area contributed by atoms with Crippen LogP contribution in [0.15, 0.2) is 0 Å². The maximum absolute atomic E-state index is 0. The molecule has 0 rings (SSSR count). The molecule has 4 nitrogen and oxygen atoms in total. The Morgan fingerprint density at radius 1 is 0.400 bits per heavy atom. The molecule has 0 amide bonds. The second-order valence-corrected chi connectivity index (χ2v) is 0. The minimum Gasteiger partial charge on any atom is -0.693 e. The Kier molecular flexibility index (Phi) is 60000. The minimum absolute atomic E-state index is 0. The molecule has 0 bridgehead atoms. The molecule has 0 aromatic carbocycles. The maximum atomic E-state index is 0. The van der Waals surface area contributed by atoms with E-state index >= 15 is 0 Å². The average Bonchev–Trinajstić information content (AvgIpc) is 0. The van der Waals surface area contributed by atoms with Crippen LogP contribution in [-0.4, -0.2) is 0 Å². The van der Waals surface area contributed by atoms with E-state index in [4.69, 9.17) is 0 Å². The fraction of sp³-hybridized carbons (Fsp3) is 0. The number of rotatable bonds is 0. The van der Waals surface area contributed by atoms with E-state index in [1.165, 1.54) is 0 Å². The summed E-state index contributed by atoms with van der Waals surface area (Å²) in [5, 5.41) is 0. The van der Waals surface area contributed by atoms with Crippen molar-refractivity contribution < 1.29 is 17.1 Å². The first kappa shape index (κ1) is 788. The fourth-order valence-electron chi connectivity index (χ4n) is 0. The van der Waals surface area contributed by atoms with Gasteiger partial charge in [0.1, 0.15) is 0 Å². The average molecular weight is 128 g/mol. The standard InChI is InChI=1S/Cu.4H2N/h;4*1H2/q;4*-1. The van der Waals surface area contributed by atoms with Gasteiger partial charge in [0.15, 0.2) is 0 Å². The molecule has 0 saturated carbocycles. The van der Waals surface area contributed by atoms with Crippen LogP contribution in [0.25, 0.3) is 24.6 Å². The molecule has 0 aliphatic heterocycles. The van der Waals surface area contributed by atoms with Gasteiger partial charge in [0.05, 0.1) is 0 Å². The van der Waals surface area contributed by atoms with Gasteiger partial charge in [0, 0.05) is 17.1 Å². The summed E-state index contributed by atoms with van der Waals surface area (Å²) in [5.74, 6) is 0. The predicted molar refractivity (Wildman–Crippen MR) is 21.1 cm³/mol. The Labute approximate surface area is 42.5 Å². The summed E-state index contributed by atoms with van der Waals surface area (Å²) in [7, 11) is 0. The summed E-state index contributed by atoms with van der Waals surface area (Å²) in [6, 6.07) is 0. The van der Waals surface area contributed by atoms with E-state index in [1.54, 1.807) is 0 Å². The van der Waals surface area contributed by atoms with Gasteiger partial charge in [-0.15, -0.1) is 0 Å². The largest absolute Gasteiger partial charge is 0.693 e. The molecule has 0 aromatic heterocycles. The van der Waals surface area contributed by atoms with Crippen LogP contribution in [-0.2, 0) is 17.1 Å². The molecule has 0 heterocycles. The van der Waals surface area contributed by atoms with Crippen molar-refractivity contribution in [2.24, 2.45) is 0 Å². The van der Waals surface area contributed by atoms with Gasteiger partial charge in [-0.05, 0) is 0 Å². The topological polar surface area (TPSA) is 134 Å². The number of hydrogen-bond acceptors (Lipinski definition) is 0. The SMILES string of the molecule is [Cu].[NH2-].[NH2-].[NH2-].[NH2-]. The Balaban J connectivity index is 0. The van der Waals surface area contributed by atoms with Crippen molar-refractivity contribution in [2.45, 2.75) is 0 Å². The molecule has 8 N–H and O–H groups in total. The van der Waals surface area contributed by atoms with E-state index in [1.807, 2.05) is 0 Å². The van der Waals surface area contributed by atoms with Crippen LogP contribution in [0.2, 0.25) is 0 Å².